The Hall–Kier alpha value is -3.39. The fraction of sp³-hybridized carbons (Fsp3) is 0.238. The Morgan fingerprint density at radius 1 is 1.20 bits per heavy atom. The van der Waals surface area contributed by atoms with Crippen LogP contribution in [0, 0.1) is 6.92 Å². The number of aryl methyl sites for hydroxylation is 2. The number of hydrogen-bond donors (Lipinski definition) is 1. The normalized spacial score (nSPS) is 10.7. The van der Waals surface area contributed by atoms with E-state index in [2.05, 4.69) is 10.3 Å². The summed E-state index contributed by atoms with van der Waals surface area (Å²) in [6, 6.07) is 9.48. The molecule has 1 N–H and O–H groups in total. The first-order valence-electron chi connectivity index (χ1n) is 9.15. The standard InChI is InChI=1S/C21H20ClN3O5/c1-4-25-17-7-5-13(9-15(17)23-12(2)20(25)27)21(28)30-11-19(26)24-16-10-14(22)6-8-18(16)29-3/h5-10H,4,11H2,1-3H3,(H,24,26). The highest BCUT2D eigenvalue weighted by Gasteiger charge is 2.15. The highest BCUT2D eigenvalue weighted by atomic mass is 35.5. The number of rotatable bonds is 6. The van der Waals surface area contributed by atoms with E-state index in [4.69, 9.17) is 21.1 Å². The molecule has 0 fully saturated rings. The van der Waals surface area contributed by atoms with Crippen LogP contribution in [0.25, 0.3) is 11.0 Å². The lowest BCUT2D eigenvalue weighted by Gasteiger charge is -2.11. The fourth-order valence-corrected chi connectivity index (χ4v) is 3.17. The zero-order chi connectivity index (χ0) is 21.8. The molecule has 2 aromatic carbocycles. The quantitative estimate of drug-likeness (QED) is 0.604. The molecule has 0 spiro atoms. The molecule has 0 bridgehead atoms. The number of carbonyl (C=O) groups is 2. The average Bonchev–Trinajstić information content (AvgIpc) is 2.73. The van der Waals surface area contributed by atoms with E-state index in [1.807, 2.05) is 6.92 Å². The third-order valence-corrected chi connectivity index (χ3v) is 4.67. The van der Waals surface area contributed by atoms with Crippen molar-refractivity contribution >= 4 is 40.2 Å². The maximum atomic E-state index is 12.4. The van der Waals surface area contributed by atoms with Crippen LogP contribution in [0.2, 0.25) is 5.02 Å². The lowest BCUT2D eigenvalue weighted by atomic mass is 10.2. The van der Waals surface area contributed by atoms with Crippen molar-refractivity contribution in [1.29, 1.82) is 0 Å². The molecule has 0 aliphatic carbocycles. The van der Waals surface area contributed by atoms with Crippen LogP contribution in [0.1, 0.15) is 23.0 Å². The smallest absolute Gasteiger partial charge is 0.338 e. The number of aromatic nitrogens is 2. The lowest BCUT2D eigenvalue weighted by Crippen LogP contribution is -2.23. The number of methoxy groups -OCH3 is 1. The molecule has 8 nitrogen and oxygen atoms in total. The van der Waals surface area contributed by atoms with Gasteiger partial charge >= 0.3 is 5.97 Å². The van der Waals surface area contributed by atoms with Crippen LogP contribution in [0.5, 0.6) is 5.75 Å². The molecule has 0 aliphatic heterocycles. The van der Waals surface area contributed by atoms with Gasteiger partial charge in [0.25, 0.3) is 11.5 Å². The first-order valence-corrected chi connectivity index (χ1v) is 9.53. The summed E-state index contributed by atoms with van der Waals surface area (Å²) in [4.78, 5) is 41.0. The van der Waals surface area contributed by atoms with E-state index in [1.165, 1.54) is 25.3 Å². The number of esters is 1. The maximum Gasteiger partial charge on any atom is 0.338 e. The first kappa shape index (κ1) is 21.3. The van der Waals surface area contributed by atoms with Gasteiger partial charge in [-0.05, 0) is 50.2 Å². The number of halogens is 1. The minimum absolute atomic E-state index is 0.173. The topological polar surface area (TPSA) is 99.5 Å². The molecular weight excluding hydrogens is 410 g/mol. The Balaban J connectivity index is 1.72. The molecule has 1 amide bonds. The monoisotopic (exact) mass is 429 g/mol. The molecule has 9 heteroatoms. The SMILES string of the molecule is CCn1c(=O)c(C)nc2cc(C(=O)OCC(=O)Nc3cc(Cl)ccc3OC)ccc21. The lowest BCUT2D eigenvalue weighted by molar-refractivity contribution is -0.119. The van der Waals surface area contributed by atoms with E-state index in [0.29, 0.717) is 39.7 Å². The van der Waals surface area contributed by atoms with Crippen LogP contribution >= 0.6 is 11.6 Å². The molecule has 0 saturated heterocycles. The molecule has 30 heavy (non-hydrogen) atoms. The van der Waals surface area contributed by atoms with Crippen molar-refractivity contribution in [3.63, 3.8) is 0 Å². The number of amides is 1. The second kappa shape index (κ2) is 8.96. The van der Waals surface area contributed by atoms with Crippen molar-refractivity contribution in [3.05, 3.63) is 63.0 Å². The number of fused-ring (bicyclic) bond motifs is 1. The number of benzene rings is 2. The van der Waals surface area contributed by atoms with Gasteiger partial charge in [0, 0.05) is 11.6 Å². The van der Waals surface area contributed by atoms with E-state index in [1.54, 1.807) is 29.7 Å². The van der Waals surface area contributed by atoms with Gasteiger partial charge in [0.1, 0.15) is 11.4 Å². The summed E-state index contributed by atoms with van der Waals surface area (Å²) in [5.74, 6) is -0.797. The second-order valence-corrected chi connectivity index (χ2v) is 6.86. The molecule has 3 aromatic rings. The van der Waals surface area contributed by atoms with Gasteiger partial charge in [0.15, 0.2) is 6.61 Å². The van der Waals surface area contributed by atoms with Crippen molar-refractivity contribution in [3.8, 4) is 5.75 Å². The third kappa shape index (κ3) is 4.44. The van der Waals surface area contributed by atoms with Crippen molar-refractivity contribution in [2.45, 2.75) is 20.4 Å². The van der Waals surface area contributed by atoms with E-state index in [9.17, 15) is 14.4 Å². The fourth-order valence-electron chi connectivity index (χ4n) is 2.99. The summed E-state index contributed by atoms with van der Waals surface area (Å²) in [5.41, 5.74) is 1.88. The van der Waals surface area contributed by atoms with E-state index >= 15 is 0 Å². The second-order valence-electron chi connectivity index (χ2n) is 6.42. The Bertz CT molecular complexity index is 1190. The molecule has 156 valence electrons. The average molecular weight is 430 g/mol. The first-order chi connectivity index (χ1) is 14.3. The Kier molecular flexibility index (Phi) is 6.37. The summed E-state index contributed by atoms with van der Waals surface area (Å²) in [7, 11) is 1.46. The van der Waals surface area contributed by atoms with Crippen LogP contribution in [-0.4, -0.2) is 35.1 Å². The largest absolute Gasteiger partial charge is 0.495 e. The number of nitrogens with one attached hydrogen (secondary N) is 1. The highest BCUT2D eigenvalue weighted by Crippen LogP contribution is 2.27. The molecule has 0 aliphatic rings. The van der Waals surface area contributed by atoms with Gasteiger partial charge in [0.05, 0.1) is 29.4 Å². The van der Waals surface area contributed by atoms with Crippen molar-refractivity contribution in [2.24, 2.45) is 0 Å². The van der Waals surface area contributed by atoms with Crippen LogP contribution < -0.4 is 15.6 Å². The zero-order valence-electron chi connectivity index (χ0n) is 16.7. The van der Waals surface area contributed by atoms with Crippen molar-refractivity contribution < 1.29 is 19.1 Å². The Morgan fingerprint density at radius 2 is 1.97 bits per heavy atom. The van der Waals surface area contributed by atoms with Crippen molar-refractivity contribution in [1.82, 2.24) is 9.55 Å². The molecule has 0 saturated carbocycles. The van der Waals surface area contributed by atoms with Crippen LogP contribution in [0.3, 0.4) is 0 Å². The number of ether oxygens (including phenoxy) is 2. The summed E-state index contributed by atoms with van der Waals surface area (Å²) in [6.45, 7) is 3.46. The summed E-state index contributed by atoms with van der Waals surface area (Å²) < 4.78 is 11.8. The third-order valence-electron chi connectivity index (χ3n) is 4.43. The van der Waals surface area contributed by atoms with Crippen LogP contribution in [0.15, 0.2) is 41.2 Å². The van der Waals surface area contributed by atoms with Gasteiger partial charge in [-0.2, -0.15) is 0 Å². The van der Waals surface area contributed by atoms with Crippen LogP contribution in [0.4, 0.5) is 5.69 Å². The molecule has 1 heterocycles. The summed E-state index contributed by atoms with van der Waals surface area (Å²) in [6.07, 6.45) is 0. The van der Waals surface area contributed by atoms with Crippen LogP contribution in [-0.2, 0) is 16.1 Å². The number of anilines is 1. The van der Waals surface area contributed by atoms with Gasteiger partial charge in [-0.1, -0.05) is 11.6 Å². The van der Waals surface area contributed by atoms with E-state index in [0.717, 1.165) is 0 Å². The Labute approximate surface area is 177 Å². The molecule has 3 rings (SSSR count). The van der Waals surface area contributed by atoms with E-state index < -0.39 is 18.5 Å². The van der Waals surface area contributed by atoms with E-state index in [-0.39, 0.29) is 11.1 Å². The number of hydrogen-bond acceptors (Lipinski definition) is 6. The maximum absolute atomic E-state index is 12.4. The minimum Gasteiger partial charge on any atom is -0.495 e. The minimum atomic E-state index is -0.682. The summed E-state index contributed by atoms with van der Waals surface area (Å²) in [5, 5.41) is 3.02. The summed E-state index contributed by atoms with van der Waals surface area (Å²) >= 11 is 5.94. The zero-order valence-corrected chi connectivity index (χ0v) is 17.4. The van der Waals surface area contributed by atoms with Gasteiger partial charge < -0.3 is 19.4 Å². The predicted molar refractivity (Wildman–Crippen MR) is 113 cm³/mol. The van der Waals surface area contributed by atoms with Gasteiger partial charge in [0.2, 0.25) is 0 Å². The number of nitrogens with zero attached hydrogens (tertiary/aromatic N) is 2. The highest BCUT2D eigenvalue weighted by molar-refractivity contribution is 6.31. The predicted octanol–water partition coefficient (Wildman–Crippen LogP) is 3.18. The Morgan fingerprint density at radius 3 is 2.67 bits per heavy atom. The van der Waals surface area contributed by atoms with Gasteiger partial charge in [-0.15, -0.1) is 0 Å². The van der Waals surface area contributed by atoms with Gasteiger partial charge in [-0.25, -0.2) is 9.78 Å². The van der Waals surface area contributed by atoms with Gasteiger partial charge in [-0.3, -0.25) is 9.59 Å². The molecule has 1 aromatic heterocycles. The molecular formula is C21H20ClN3O5. The molecule has 0 radical (unpaired) electrons. The molecule has 0 atom stereocenters. The molecule has 0 unspecified atom stereocenters. The van der Waals surface area contributed by atoms with Crippen molar-refractivity contribution in [2.75, 3.05) is 19.0 Å². The number of carbonyl (C=O) groups excluding carboxylic acids is 2.